The van der Waals surface area contributed by atoms with Crippen LogP contribution in [0.15, 0.2) is 4.99 Å². The molecular formula is C10H17N3O2. The second kappa shape index (κ2) is 4.00. The molecule has 0 aromatic carbocycles. The van der Waals surface area contributed by atoms with Gasteiger partial charge in [0.25, 0.3) is 0 Å². The van der Waals surface area contributed by atoms with Gasteiger partial charge in [0.2, 0.25) is 17.8 Å². The molecule has 0 spiro atoms. The molecule has 0 unspecified atom stereocenters. The van der Waals surface area contributed by atoms with Crippen molar-refractivity contribution >= 4 is 17.8 Å². The van der Waals surface area contributed by atoms with Crippen LogP contribution in [0, 0.1) is 5.41 Å². The molecule has 0 radical (unpaired) electrons. The molecule has 1 heterocycles. The number of aliphatic imine (C=N–C) groups is 1. The Labute approximate surface area is 89.5 Å². The molecule has 84 valence electrons. The smallest absolute Gasteiger partial charge is 0.244 e. The molecule has 1 saturated heterocycles. The Morgan fingerprint density at radius 3 is 2.27 bits per heavy atom. The van der Waals surface area contributed by atoms with E-state index in [9.17, 15) is 9.59 Å². The fourth-order valence-corrected chi connectivity index (χ4v) is 1.90. The van der Waals surface area contributed by atoms with Crippen LogP contribution in [-0.2, 0) is 9.59 Å². The van der Waals surface area contributed by atoms with Gasteiger partial charge in [-0.05, 0) is 12.8 Å². The summed E-state index contributed by atoms with van der Waals surface area (Å²) >= 11 is 0. The molecule has 0 aliphatic carbocycles. The monoisotopic (exact) mass is 211 g/mol. The number of hydrogen-bond donors (Lipinski definition) is 1. The van der Waals surface area contributed by atoms with Crippen LogP contribution in [0.3, 0.4) is 0 Å². The average molecular weight is 211 g/mol. The lowest BCUT2D eigenvalue weighted by Crippen LogP contribution is -2.62. The predicted octanol–water partition coefficient (Wildman–Crippen LogP) is 0.367. The third-order valence-electron chi connectivity index (χ3n) is 3.11. The second-order valence-electron chi connectivity index (χ2n) is 3.65. The summed E-state index contributed by atoms with van der Waals surface area (Å²) in [5, 5.41) is 2.66. The van der Waals surface area contributed by atoms with Crippen molar-refractivity contribution in [3.05, 3.63) is 0 Å². The summed E-state index contributed by atoms with van der Waals surface area (Å²) < 4.78 is 0. The highest BCUT2D eigenvalue weighted by Gasteiger charge is 2.49. The Morgan fingerprint density at radius 1 is 1.33 bits per heavy atom. The molecule has 0 bridgehead atoms. The minimum absolute atomic E-state index is 0.170. The van der Waals surface area contributed by atoms with Gasteiger partial charge in [-0.3, -0.25) is 24.8 Å². The van der Waals surface area contributed by atoms with E-state index in [2.05, 4.69) is 10.3 Å². The van der Waals surface area contributed by atoms with Gasteiger partial charge in [0.05, 0.1) is 0 Å². The number of rotatable bonds is 2. The zero-order chi connectivity index (χ0) is 11.6. The molecule has 0 aromatic rings. The van der Waals surface area contributed by atoms with Crippen LogP contribution in [-0.4, -0.2) is 36.8 Å². The molecule has 2 amide bonds. The zero-order valence-corrected chi connectivity index (χ0v) is 9.63. The number of nitrogens with one attached hydrogen (secondary N) is 1. The summed E-state index contributed by atoms with van der Waals surface area (Å²) in [6.07, 6.45) is 1.02. The highest BCUT2D eigenvalue weighted by molar-refractivity contribution is 6.20. The van der Waals surface area contributed by atoms with Crippen LogP contribution in [0.1, 0.15) is 26.7 Å². The van der Waals surface area contributed by atoms with E-state index in [4.69, 9.17) is 0 Å². The van der Waals surface area contributed by atoms with Gasteiger partial charge < -0.3 is 0 Å². The quantitative estimate of drug-likeness (QED) is 0.671. The number of carbonyl (C=O) groups is 2. The summed E-state index contributed by atoms with van der Waals surface area (Å²) in [4.78, 5) is 29.2. The van der Waals surface area contributed by atoms with E-state index in [1.807, 2.05) is 13.8 Å². The third kappa shape index (κ3) is 1.52. The van der Waals surface area contributed by atoms with Crippen molar-refractivity contribution < 1.29 is 9.59 Å². The lowest BCUT2D eigenvalue weighted by Gasteiger charge is -2.38. The van der Waals surface area contributed by atoms with E-state index >= 15 is 0 Å². The fraction of sp³-hybridized carbons (Fsp3) is 0.700. The molecule has 1 aliphatic heterocycles. The van der Waals surface area contributed by atoms with E-state index < -0.39 is 5.41 Å². The number of guanidine groups is 1. The first-order valence-electron chi connectivity index (χ1n) is 5.09. The molecule has 0 atom stereocenters. The van der Waals surface area contributed by atoms with E-state index in [-0.39, 0.29) is 11.8 Å². The first-order chi connectivity index (χ1) is 7.03. The molecule has 1 rings (SSSR count). The predicted molar refractivity (Wildman–Crippen MR) is 57.3 cm³/mol. The SMILES string of the molecule is CCC1(CC)C(=O)NC(=NC)N(C)C1=O. The normalized spacial score (nSPS) is 23.2. The summed E-state index contributed by atoms with van der Waals surface area (Å²) in [6.45, 7) is 3.70. The van der Waals surface area contributed by atoms with E-state index in [0.717, 1.165) is 0 Å². The van der Waals surface area contributed by atoms with Crippen molar-refractivity contribution in [2.45, 2.75) is 26.7 Å². The maximum absolute atomic E-state index is 12.1. The zero-order valence-electron chi connectivity index (χ0n) is 9.63. The molecule has 1 N–H and O–H groups in total. The van der Waals surface area contributed by atoms with Gasteiger partial charge >= 0.3 is 0 Å². The van der Waals surface area contributed by atoms with Crippen LogP contribution in [0.25, 0.3) is 0 Å². The summed E-state index contributed by atoms with van der Waals surface area (Å²) in [5.41, 5.74) is -0.914. The molecular weight excluding hydrogens is 194 g/mol. The van der Waals surface area contributed by atoms with Gasteiger partial charge in [0, 0.05) is 14.1 Å². The van der Waals surface area contributed by atoms with Gasteiger partial charge in [-0.2, -0.15) is 0 Å². The lowest BCUT2D eigenvalue weighted by molar-refractivity contribution is -0.150. The largest absolute Gasteiger partial charge is 0.295 e. The minimum atomic E-state index is -0.914. The maximum Gasteiger partial charge on any atom is 0.244 e. The van der Waals surface area contributed by atoms with Crippen LogP contribution >= 0.6 is 0 Å². The molecule has 0 aromatic heterocycles. The van der Waals surface area contributed by atoms with Gasteiger partial charge in [-0.25, -0.2) is 0 Å². The van der Waals surface area contributed by atoms with Gasteiger partial charge in [0.15, 0.2) is 0 Å². The molecule has 15 heavy (non-hydrogen) atoms. The maximum atomic E-state index is 12.1. The number of carbonyl (C=O) groups excluding carboxylic acids is 2. The molecule has 1 aliphatic rings. The summed E-state index contributed by atoms with van der Waals surface area (Å²) in [7, 11) is 3.18. The standard InChI is InChI=1S/C10H17N3O2/c1-5-10(6-2)7(14)12-9(11-3)13(4)8(10)15/h5-6H2,1-4H3,(H,11,12,14). The van der Waals surface area contributed by atoms with Crippen molar-refractivity contribution in [1.29, 1.82) is 0 Å². The van der Waals surface area contributed by atoms with Crippen molar-refractivity contribution in [2.24, 2.45) is 10.4 Å². The van der Waals surface area contributed by atoms with E-state index in [1.54, 1.807) is 14.1 Å². The molecule has 5 heteroatoms. The number of amides is 2. The summed E-state index contributed by atoms with van der Waals surface area (Å²) in [5.74, 6) is -0.0874. The Hall–Kier alpha value is -1.39. The second-order valence-corrected chi connectivity index (χ2v) is 3.65. The number of nitrogens with zero attached hydrogens (tertiary/aromatic N) is 2. The van der Waals surface area contributed by atoms with Crippen LogP contribution < -0.4 is 5.32 Å². The topological polar surface area (TPSA) is 61.8 Å². The van der Waals surface area contributed by atoms with Crippen molar-refractivity contribution in [1.82, 2.24) is 10.2 Å². The van der Waals surface area contributed by atoms with Crippen LogP contribution in [0.5, 0.6) is 0 Å². The van der Waals surface area contributed by atoms with Crippen LogP contribution in [0.2, 0.25) is 0 Å². The van der Waals surface area contributed by atoms with Gasteiger partial charge in [-0.15, -0.1) is 0 Å². The van der Waals surface area contributed by atoms with Crippen molar-refractivity contribution in [2.75, 3.05) is 14.1 Å². The molecule has 5 nitrogen and oxygen atoms in total. The first-order valence-corrected chi connectivity index (χ1v) is 5.09. The first kappa shape index (κ1) is 11.7. The van der Waals surface area contributed by atoms with E-state index in [0.29, 0.717) is 18.8 Å². The highest BCUT2D eigenvalue weighted by Crippen LogP contribution is 2.31. The molecule has 0 saturated carbocycles. The Bertz CT molecular complexity index is 319. The summed E-state index contributed by atoms with van der Waals surface area (Å²) in [6, 6.07) is 0. The van der Waals surface area contributed by atoms with Gasteiger partial charge in [0.1, 0.15) is 5.41 Å². The lowest BCUT2D eigenvalue weighted by atomic mass is 9.79. The van der Waals surface area contributed by atoms with Crippen LogP contribution in [0.4, 0.5) is 0 Å². The molecule has 1 fully saturated rings. The number of hydrogen-bond acceptors (Lipinski definition) is 3. The highest BCUT2D eigenvalue weighted by atomic mass is 16.2. The van der Waals surface area contributed by atoms with Crippen molar-refractivity contribution in [3.63, 3.8) is 0 Å². The van der Waals surface area contributed by atoms with E-state index in [1.165, 1.54) is 4.90 Å². The fourth-order valence-electron chi connectivity index (χ4n) is 1.90. The minimum Gasteiger partial charge on any atom is -0.295 e. The van der Waals surface area contributed by atoms with Crippen molar-refractivity contribution in [3.8, 4) is 0 Å². The third-order valence-corrected chi connectivity index (χ3v) is 3.11. The van der Waals surface area contributed by atoms with Gasteiger partial charge in [-0.1, -0.05) is 13.8 Å². The Kier molecular flexibility index (Phi) is 3.12. The Morgan fingerprint density at radius 2 is 1.87 bits per heavy atom. The Balaban J connectivity index is 3.14. The average Bonchev–Trinajstić information content (AvgIpc) is 2.25.